The number of halogens is 4. The molecule has 1 atom stereocenters. The Morgan fingerprint density at radius 1 is 0.909 bits per heavy atom. The summed E-state index contributed by atoms with van der Waals surface area (Å²) in [6.07, 6.45) is 6.95. The van der Waals surface area contributed by atoms with Crippen LogP contribution in [0.3, 0.4) is 0 Å². The summed E-state index contributed by atoms with van der Waals surface area (Å²) in [6.45, 7) is 12.2. The van der Waals surface area contributed by atoms with Crippen molar-refractivity contribution >= 4 is 85.6 Å². The first-order valence-electron chi connectivity index (χ1n) is 22.5. The molecule has 13 nitrogen and oxygen atoms in total. The Hall–Kier alpha value is -5.25. The summed E-state index contributed by atoms with van der Waals surface area (Å²) >= 11 is 3.57. The number of aromatic nitrogens is 3. The Morgan fingerprint density at radius 3 is 2.26 bits per heavy atom. The molecular weight excluding hydrogens is 934 g/mol. The SMILES string of the molecule is CCc1cc(Nc2ncc(Br)c(Nc3ccc4nc(C)c(F)cc4c3P(C)(C)=O)n2)c(OC)cc1N1CCC2(CC1)CCN(C1CN(c3cc(F)c([C@H]4CCC(=O)NC4=O)c(F)c3)C1)CC2. The van der Waals surface area contributed by atoms with Gasteiger partial charge < -0.3 is 29.7 Å². The van der Waals surface area contributed by atoms with Crippen molar-refractivity contribution in [3.05, 3.63) is 87.4 Å². The number of rotatable bonds is 11. The average molecular weight is 989 g/mol. The predicted octanol–water partition coefficient (Wildman–Crippen LogP) is 8.91. The summed E-state index contributed by atoms with van der Waals surface area (Å²) in [5.74, 6) is -2.65. The zero-order valence-electron chi connectivity index (χ0n) is 37.7. The number of hydrogen-bond acceptors (Lipinski definition) is 12. The van der Waals surface area contributed by atoms with Gasteiger partial charge in [-0.15, -0.1) is 0 Å². The number of carbonyl (C=O) groups is 2. The van der Waals surface area contributed by atoms with Crippen LogP contribution in [0, 0.1) is 29.8 Å². The van der Waals surface area contributed by atoms with Crippen molar-refractivity contribution in [2.45, 2.75) is 70.8 Å². The van der Waals surface area contributed by atoms with Gasteiger partial charge in [0.15, 0.2) is 0 Å². The molecule has 0 bridgehead atoms. The molecule has 348 valence electrons. The summed E-state index contributed by atoms with van der Waals surface area (Å²) in [4.78, 5) is 44.6. The second kappa shape index (κ2) is 18.1. The van der Waals surface area contributed by atoms with Crippen LogP contribution in [0.5, 0.6) is 5.75 Å². The van der Waals surface area contributed by atoms with Crippen LogP contribution >= 0.6 is 23.1 Å². The molecule has 0 aliphatic carbocycles. The quantitative estimate of drug-likeness (QED) is 0.0859. The lowest BCUT2D eigenvalue weighted by Crippen LogP contribution is -2.62. The zero-order valence-corrected chi connectivity index (χ0v) is 40.2. The number of piperidine rings is 3. The molecule has 0 unspecified atom stereocenters. The molecule has 4 aliphatic heterocycles. The molecule has 2 amide bonds. The normalized spacial score (nSPS) is 19.3. The lowest BCUT2D eigenvalue weighted by atomic mass is 9.70. The fourth-order valence-corrected chi connectivity index (χ4v) is 12.0. The third kappa shape index (κ3) is 8.98. The van der Waals surface area contributed by atoms with Crippen LogP contribution < -0.4 is 35.8 Å². The van der Waals surface area contributed by atoms with E-state index in [1.807, 2.05) is 4.90 Å². The van der Waals surface area contributed by atoms with E-state index in [-0.39, 0.29) is 29.5 Å². The van der Waals surface area contributed by atoms with Gasteiger partial charge in [-0.2, -0.15) is 4.98 Å². The molecule has 3 aromatic carbocycles. The molecule has 4 aliphatic rings. The van der Waals surface area contributed by atoms with Crippen LogP contribution in [0.4, 0.5) is 47.7 Å². The monoisotopic (exact) mass is 987 g/mol. The molecule has 4 fully saturated rings. The van der Waals surface area contributed by atoms with E-state index >= 15 is 8.78 Å². The maximum Gasteiger partial charge on any atom is 0.234 e. The third-order valence-electron chi connectivity index (χ3n) is 14.1. The minimum absolute atomic E-state index is 0.0565. The third-order valence-corrected chi connectivity index (χ3v) is 16.2. The van der Waals surface area contributed by atoms with Gasteiger partial charge in [0, 0.05) is 78.5 Å². The standard InChI is InChI=1S/C48H54BrF3N9O4P/c1-6-28-19-39(56-47-53-24-33(49)45(58-47)55-38-9-8-37-32(44(38)66(4,5)64)22-34(50)27(2)54-37)41(65-3)23-40(28)60-17-13-48(14-18-60)11-15-59(16-12-48)30-25-61(26-30)29-20-35(51)43(36(52)21-29)31-7-10-42(62)57-46(31)63/h8-9,19-24,30-31H,6-7,10-18,25-26H2,1-5H3,(H,57,62,63)(H2,53,55,56,58)/t31-/m1/s1. The molecule has 0 radical (unpaired) electrons. The summed E-state index contributed by atoms with van der Waals surface area (Å²) in [7, 11) is -1.28. The van der Waals surface area contributed by atoms with E-state index < -0.39 is 42.3 Å². The summed E-state index contributed by atoms with van der Waals surface area (Å²) in [6, 6.07) is 12.1. The molecule has 66 heavy (non-hydrogen) atoms. The number of anilines is 6. The van der Waals surface area contributed by atoms with E-state index in [0.717, 1.165) is 75.2 Å². The van der Waals surface area contributed by atoms with Crippen molar-refractivity contribution in [1.82, 2.24) is 25.2 Å². The highest BCUT2D eigenvalue weighted by Gasteiger charge is 2.42. The van der Waals surface area contributed by atoms with E-state index in [0.29, 0.717) is 68.7 Å². The maximum atomic E-state index is 15.2. The molecule has 3 N–H and O–H groups in total. The van der Waals surface area contributed by atoms with Gasteiger partial charge in [0.2, 0.25) is 17.8 Å². The number of nitrogens with one attached hydrogen (secondary N) is 3. The molecular formula is C48H54BrF3N9O4P. The molecule has 2 aromatic heterocycles. The molecule has 5 aromatic rings. The summed E-state index contributed by atoms with van der Waals surface area (Å²) in [5, 5.41) is 9.86. The van der Waals surface area contributed by atoms with Crippen LogP contribution in [-0.2, 0) is 20.6 Å². The van der Waals surface area contributed by atoms with Gasteiger partial charge in [-0.3, -0.25) is 24.8 Å². The Balaban J connectivity index is 0.824. The second-order valence-corrected chi connectivity index (χ2v) is 22.5. The van der Waals surface area contributed by atoms with Crippen molar-refractivity contribution in [3.8, 4) is 5.75 Å². The topological polar surface area (TPSA) is 145 Å². The average Bonchev–Trinajstić information content (AvgIpc) is 3.26. The van der Waals surface area contributed by atoms with Crippen molar-refractivity contribution in [1.29, 1.82) is 0 Å². The first-order chi connectivity index (χ1) is 31.5. The highest BCUT2D eigenvalue weighted by Crippen LogP contribution is 2.46. The highest BCUT2D eigenvalue weighted by atomic mass is 79.9. The molecule has 4 saturated heterocycles. The van der Waals surface area contributed by atoms with Gasteiger partial charge in [-0.1, -0.05) is 6.92 Å². The number of pyridine rings is 1. The number of fused-ring (bicyclic) bond motifs is 1. The predicted molar refractivity (Wildman–Crippen MR) is 256 cm³/mol. The number of benzene rings is 3. The van der Waals surface area contributed by atoms with Crippen molar-refractivity contribution in [2.75, 3.05) is 80.1 Å². The number of methoxy groups -OCH3 is 1. The van der Waals surface area contributed by atoms with Gasteiger partial charge in [-0.05, 0) is 135 Å². The number of ether oxygens (including phenoxy) is 1. The first kappa shape index (κ1) is 45.9. The van der Waals surface area contributed by atoms with Crippen LogP contribution in [0.2, 0.25) is 0 Å². The molecule has 9 rings (SSSR count). The first-order valence-corrected chi connectivity index (χ1v) is 25.9. The minimum atomic E-state index is -2.93. The van der Waals surface area contributed by atoms with Gasteiger partial charge in [0.1, 0.15) is 36.2 Å². The Bertz CT molecular complexity index is 2760. The van der Waals surface area contributed by atoms with Crippen LogP contribution in [0.25, 0.3) is 10.9 Å². The molecule has 18 heteroatoms. The second-order valence-electron chi connectivity index (χ2n) is 18.5. The fourth-order valence-electron chi connectivity index (χ4n) is 10.2. The number of hydrogen-bond donors (Lipinski definition) is 3. The van der Waals surface area contributed by atoms with Crippen molar-refractivity contribution in [2.24, 2.45) is 5.41 Å². The van der Waals surface area contributed by atoms with Crippen LogP contribution in [0.1, 0.15) is 68.2 Å². The smallest absolute Gasteiger partial charge is 0.234 e. The fraction of sp³-hybridized carbons (Fsp3) is 0.438. The number of carbonyl (C=O) groups excluding carboxylic acids is 2. The van der Waals surface area contributed by atoms with Crippen LogP contribution in [-0.4, -0.2) is 97.4 Å². The Kier molecular flexibility index (Phi) is 12.6. The van der Waals surface area contributed by atoms with Gasteiger partial charge >= 0.3 is 0 Å². The molecule has 6 heterocycles. The van der Waals surface area contributed by atoms with Crippen LogP contribution in [0.15, 0.2) is 53.1 Å². The minimum Gasteiger partial charge on any atom is -0.494 e. The number of aryl methyl sites for hydroxylation is 2. The van der Waals surface area contributed by atoms with E-state index in [4.69, 9.17) is 9.72 Å². The van der Waals surface area contributed by atoms with E-state index in [1.54, 1.807) is 45.7 Å². The number of amides is 2. The van der Waals surface area contributed by atoms with Crippen molar-refractivity contribution < 1.29 is 32.1 Å². The zero-order chi connectivity index (χ0) is 46.7. The largest absolute Gasteiger partial charge is 0.494 e. The van der Waals surface area contributed by atoms with E-state index in [9.17, 15) is 18.5 Å². The Morgan fingerprint density at radius 2 is 1.61 bits per heavy atom. The Labute approximate surface area is 390 Å². The molecule has 1 spiro atoms. The van der Waals surface area contributed by atoms with Crippen molar-refractivity contribution in [3.63, 3.8) is 0 Å². The summed E-state index contributed by atoms with van der Waals surface area (Å²) in [5.41, 5.74) is 4.87. The number of likely N-dealkylation sites (tertiary alicyclic amines) is 1. The number of nitrogens with zero attached hydrogens (tertiary/aromatic N) is 6. The lowest BCUT2D eigenvalue weighted by Gasteiger charge is -2.53. The number of imide groups is 1. The van der Waals surface area contributed by atoms with E-state index in [1.165, 1.54) is 18.2 Å². The van der Waals surface area contributed by atoms with Gasteiger partial charge in [0.25, 0.3) is 0 Å². The lowest BCUT2D eigenvalue weighted by molar-refractivity contribution is -0.134. The summed E-state index contributed by atoms with van der Waals surface area (Å²) < 4.78 is 65.4. The van der Waals surface area contributed by atoms with Gasteiger partial charge in [0.05, 0.1) is 40.1 Å². The maximum absolute atomic E-state index is 15.2. The molecule has 0 saturated carbocycles. The van der Waals surface area contributed by atoms with Gasteiger partial charge in [-0.25, -0.2) is 18.2 Å². The van der Waals surface area contributed by atoms with E-state index in [2.05, 4.69) is 70.7 Å². The highest BCUT2D eigenvalue weighted by molar-refractivity contribution is 9.10.